The van der Waals surface area contributed by atoms with Crippen molar-refractivity contribution in [2.24, 2.45) is 0 Å². The van der Waals surface area contributed by atoms with Gasteiger partial charge in [-0.3, -0.25) is 0 Å². The molecule has 152 valence electrons. The highest BCUT2D eigenvalue weighted by molar-refractivity contribution is 5.13. The fraction of sp³-hybridized carbons (Fsp3) is 0.652. The first-order valence-electron chi connectivity index (χ1n) is 10.3. The normalized spacial score (nSPS) is 14.2. The largest absolute Gasteiger partial charge is 0.390 e. The minimum Gasteiger partial charge on any atom is -0.390 e. The summed E-state index contributed by atoms with van der Waals surface area (Å²) in [6.07, 6.45) is 4.49. The molecule has 3 N–H and O–H groups in total. The summed E-state index contributed by atoms with van der Waals surface area (Å²) in [6.45, 7) is 3.45. The lowest BCUT2D eigenvalue weighted by Gasteiger charge is -2.21. The van der Waals surface area contributed by atoms with Crippen LogP contribution in [0.5, 0.6) is 0 Å². The Morgan fingerprint density at radius 3 is 2.41 bits per heavy atom. The number of hydrogen-bond donors (Lipinski definition) is 3. The fourth-order valence-electron chi connectivity index (χ4n) is 2.78. The molecule has 0 spiro atoms. The average Bonchev–Trinajstić information content (AvgIpc) is 2.69. The number of aliphatic hydroxyl groups is 3. The zero-order chi connectivity index (χ0) is 19.7. The second-order valence-electron chi connectivity index (χ2n) is 7.03. The van der Waals surface area contributed by atoms with E-state index in [1.807, 2.05) is 30.3 Å². The van der Waals surface area contributed by atoms with Crippen molar-refractivity contribution in [2.45, 2.75) is 89.6 Å². The third-order valence-corrected chi connectivity index (χ3v) is 4.53. The topological polar surface area (TPSA) is 69.9 Å². The monoisotopic (exact) mass is 376 g/mol. The van der Waals surface area contributed by atoms with Gasteiger partial charge in [0.1, 0.15) is 6.10 Å². The summed E-state index contributed by atoms with van der Waals surface area (Å²) in [7, 11) is 0. The van der Waals surface area contributed by atoms with Gasteiger partial charge in [-0.05, 0) is 24.8 Å². The van der Waals surface area contributed by atoms with Crippen molar-refractivity contribution in [1.29, 1.82) is 0 Å². The first kappa shape index (κ1) is 23.7. The molecule has 4 heteroatoms. The maximum absolute atomic E-state index is 10.0. The predicted octanol–water partition coefficient (Wildman–Crippen LogP) is 3.82. The Morgan fingerprint density at radius 2 is 1.67 bits per heavy atom. The Bertz CT molecular complexity index is 520. The van der Waals surface area contributed by atoms with Crippen LogP contribution in [0.1, 0.15) is 70.3 Å². The Morgan fingerprint density at radius 1 is 0.889 bits per heavy atom. The lowest BCUT2D eigenvalue weighted by atomic mass is 10.00. The van der Waals surface area contributed by atoms with E-state index in [-0.39, 0.29) is 6.42 Å². The highest BCUT2D eigenvalue weighted by atomic mass is 16.5. The smallest absolute Gasteiger partial charge is 0.107 e. The van der Waals surface area contributed by atoms with Gasteiger partial charge in [0, 0.05) is 19.4 Å². The van der Waals surface area contributed by atoms with Crippen LogP contribution < -0.4 is 0 Å². The molecular formula is C23H36O4. The van der Waals surface area contributed by atoms with Gasteiger partial charge in [-0.2, -0.15) is 0 Å². The van der Waals surface area contributed by atoms with Crippen LogP contribution in [0.4, 0.5) is 0 Å². The molecule has 0 aliphatic rings. The summed E-state index contributed by atoms with van der Waals surface area (Å²) in [5, 5.41) is 30.0. The van der Waals surface area contributed by atoms with Crippen LogP contribution in [0.3, 0.4) is 0 Å². The zero-order valence-corrected chi connectivity index (χ0v) is 16.6. The maximum atomic E-state index is 10.0. The van der Waals surface area contributed by atoms with Crippen molar-refractivity contribution in [3.05, 3.63) is 35.9 Å². The van der Waals surface area contributed by atoms with E-state index in [1.54, 1.807) is 0 Å². The van der Waals surface area contributed by atoms with Crippen LogP contribution in [0.2, 0.25) is 0 Å². The summed E-state index contributed by atoms with van der Waals surface area (Å²) in [5.41, 5.74) is 1.17. The summed E-state index contributed by atoms with van der Waals surface area (Å²) in [6, 6.07) is 10.1. The Kier molecular flexibility index (Phi) is 13.7. The second kappa shape index (κ2) is 15.7. The van der Waals surface area contributed by atoms with Gasteiger partial charge in [0.25, 0.3) is 0 Å². The molecule has 1 aromatic carbocycles. The van der Waals surface area contributed by atoms with Crippen LogP contribution in [0.25, 0.3) is 0 Å². The van der Waals surface area contributed by atoms with Crippen molar-refractivity contribution in [3.63, 3.8) is 0 Å². The van der Waals surface area contributed by atoms with Crippen LogP contribution in [0, 0.1) is 11.8 Å². The molecule has 0 amide bonds. The Labute approximate surface area is 164 Å². The predicted molar refractivity (Wildman–Crippen MR) is 109 cm³/mol. The van der Waals surface area contributed by atoms with Crippen molar-refractivity contribution >= 4 is 0 Å². The van der Waals surface area contributed by atoms with Crippen LogP contribution >= 0.6 is 0 Å². The van der Waals surface area contributed by atoms with Gasteiger partial charge in [0.2, 0.25) is 0 Å². The highest BCUT2D eigenvalue weighted by Crippen LogP contribution is 2.12. The first-order valence-corrected chi connectivity index (χ1v) is 10.3. The van der Waals surface area contributed by atoms with Gasteiger partial charge in [-0.25, -0.2) is 0 Å². The van der Waals surface area contributed by atoms with Gasteiger partial charge >= 0.3 is 0 Å². The van der Waals surface area contributed by atoms with E-state index in [9.17, 15) is 15.3 Å². The molecular weight excluding hydrogens is 340 g/mol. The van der Waals surface area contributed by atoms with E-state index in [0.717, 1.165) is 44.9 Å². The highest BCUT2D eigenvalue weighted by Gasteiger charge is 2.23. The van der Waals surface area contributed by atoms with E-state index in [2.05, 4.69) is 18.8 Å². The van der Waals surface area contributed by atoms with Crippen molar-refractivity contribution in [3.8, 4) is 11.8 Å². The molecule has 1 aromatic rings. The van der Waals surface area contributed by atoms with Crippen molar-refractivity contribution in [1.82, 2.24) is 0 Å². The van der Waals surface area contributed by atoms with E-state index in [0.29, 0.717) is 19.6 Å². The SMILES string of the molecule is CCCCCC#CC[C@@H](O)[C@@H](O)[C@H](O)CCCCCOCc1ccccc1. The fourth-order valence-corrected chi connectivity index (χ4v) is 2.78. The molecule has 0 aromatic heterocycles. The van der Waals surface area contributed by atoms with Crippen LogP contribution in [-0.4, -0.2) is 40.2 Å². The van der Waals surface area contributed by atoms with E-state index >= 15 is 0 Å². The standard InChI is InChI=1S/C23H36O4/c1-2-3-4-5-6-11-16-21(24)23(26)22(25)17-12-8-13-18-27-19-20-14-9-7-10-15-20/h7,9-10,14-15,21-26H,2-5,8,12-13,16-19H2,1H3/t21-,22-,23-/m1/s1. The summed E-state index contributed by atoms with van der Waals surface area (Å²) >= 11 is 0. The molecule has 4 nitrogen and oxygen atoms in total. The van der Waals surface area contributed by atoms with E-state index in [4.69, 9.17) is 4.74 Å². The minimum absolute atomic E-state index is 0.206. The summed E-state index contributed by atoms with van der Waals surface area (Å²) < 4.78 is 5.62. The molecule has 1 rings (SSSR count). The third-order valence-electron chi connectivity index (χ3n) is 4.53. The number of ether oxygens (including phenoxy) is 1. The molecule has 3 atom stereocenters. The Hall–Kier alpha value is -1.38. The molecule has 0 radical (unpaired) electrons. The quantitative estimate of drug-likeness (QED) is 0.341. The van der Waals surface area contributed by atoms with Crippen LogP contribution in [0.15, 0.2) is 30.3 Å². The molecule has 0 aliphatic carbocycles. The molecule has 0 saturated heterocycles. The van der Waals surface area contributed by atoms with E-state index < -0.39 is 18.3 Å². The molecule has 27 heavy (non-hydrogen) atoms. The minimum atomic E-state index is -1.13. The maximum Gasteiger partial charge on any atom is 0.107 e. The van der Waals surface area contributed by atoms with Gasteiger partial charge in [0.05, 0.1) is 18.8 Å². The number of hydrogen-bond acceptors (Lipinski definition) is 4. The van der Waals surface area contributed by atoms with Gasteiger partial charge < -0.3 is 20.1 Å². The number of rotatable bonds is 14. The van der Waals surface area contributed by atoms with Crippen molar-refractivity contribution < 1.29 is 20.1 Å². The third kappa shape index (κ3) is 11.8. The second-order valence-corrected chi connectivity index (χ2v) is 7.03. The van der Waals surface area contributed by atoms with Gasteiger partial charge in [-0.15, -0.1) is 11.8 Å². The molecule has 0 fully saturated rings. The summed E-state index contributed by atoms with van der Waals surface area (Å²) in [4.78, 5) is 0. The Balaban J connectivity index is 2.04. The summed E-state index contributed by atoms with van der Waals surface area (Å²) in [5.74, 6) is 5.91. The van der Waals surface area contributed by atoms with E-state index in [1.165, 1.54) is 5.56 Å². The molecule has 0 bridgehead atoms. The first-order chi connectivity index (χ1) is 13.1. The number of benzene rings is 1. The lowest BCUT2D eigenvalue weighted by molar-refractivity contribution is -0.0600. The van der Waals surface area contributed by atoms with Crippen LogP contribution in [-0.2, 0) is 11.3 Å². The molecule has 0 aliphatic heterocycles. The van der Waals surface area contributed by atoms with Crippen molar-refractivity contribution in [2.75, 3.05) is 6.61 Å². The number of aliphatic hydroxyl groups excluding tert-OH is 3. The zero-order valence-electron chi connectivity index (χ0n) is 16.6. The molecule has 0 unspecified atom stereocenters. The number of unbranched alkanes of at least 4 members (excludes halogenated alkanes) is 5. The van der Waals surface area contributed by atoms with Gasteiger partial charge in [0.15, 0.2) is 0 Å². The average molecular weight is 377 g/mol. The molecule has 0 saturated carbocycles. The lowest BCUT2D eigenvalue weighted by Crippen LogP contribution is -2.37. The molecule has 0 heterocycles. The van der Waals surface area contributed by atoms with Gasteiger partial charge in [-0.1, -0.05) is 62.9 Å².